The van der Waals surface area contributed by atoms with Crippen LogP contribution in [0, 0.1) is 11.3 Å². The van der Waals surface area contributed by atoms with Crippen molar-refractivity contribution in [3.63, 3.8) is 0 Å². The van der Waals surface area contributed by atoms with Gasteiger partial charge in [0.05, 0.1) is 30.3 Å². The van der Waals surface area contributed by atoms with Crippen molar-refractivity contribution in [3.8, 4) is 6.07 Å². The average molecular weight is 368 g/mol. The minimum atomic E-state index is -4.42. The molecule has 0 atom stereocenters. The number of H-pyrrole nitrogens is 1. The van der Waals surface area contributed by atoms with Crippen molar-refractivity contribution in [3.05, 3.63) is 52.7 Å². The lowest BCUT2D eigenvalue weighted by molar-refractivity contribution is -0.367. The van der Waals surface area contributed by atoms with Crippen LogP contribution < -0.4 is 14.8 Å². The molecule has 2 heterocycles. The van der Waals surface area contributed by atoms with Gasteiger partial charge in [-0.05, 0) is 30.3 Å². The molecule has 130 valence electrons. The van der Waals surface area contributed by atoms with Crippen LogP contribution in [0.2, 0.25) is 5.02 Å². The number of aromatic amines is 1. The Hall–Kier alpha value is -2.46. The molecule has 25 heavy (non-hydrogen) atoms. The summed E-state index contributed by atoms with van der Waals surface area (Å²) >= 11 is 6.04. The number of alkyl halides is 3. The van der Waals surface area contributed by atoms with Gasteiger partial charge in [0.25, 0.3) is 5.82 Å². The maximum atomic E-state index is 12.7. The smallest absolute Gasteiger partial charge is 0.364 e. The predicted octanol–water partition coefficient (Wildman–Crippen LogP) is 3.37. The van der Waals surface area contributed by atoms with Crippen LogP contribution in [0.1, 0.15) is 11.1 Å². The number of pyridine rings is 1. The van der Waals surface area contributed by atoms with Crippen LogP contribution in [-0.2, 0) is 6.18 Å². The molecule has 1 saturated heterocycles. The summed E-state index contributed by atoms with van der Waals surface area (Å²) in [6.45, 7) is 2.66. The second kappa shape index (κ2) is 6.81. The Bertz CT molecular complexity index is 791. The van der Waals surface area contributed by atoms with Gasteiger partial charge in [0.2, 0.25) is 0 Å². The lowest BCUT2D eigenvalue weighted by atomic mass is 10.2. The van der Waals surface area contributed by atoms with Gasteiger partial charge in [0.15, 0.2) is 0 Å². The number of halogens is 4. The Balaban J connectivity index is 1.69. The van der Waals surface area contributed by atoms with E-state index in [1.54, 1.807) is 12.1 Å². The number of aromatic nitrogens is 1. The van der Waals surface area contributed by atoms with Crippen molar-refractivity contribution in [2.45, 2.75) is 6.18 Å². The summed E-state index contributed by atoms with van der Waals surface area (Å²) in [6, 6.07) is 10.3. The van der Waals surface area contributed by atoms with Crippen molar-refractivity contribution in [1.29, 1.82) is 5.26 Å². The molecule has 0 spiro atoms. The van der Waals surface area contributed by atoms with E-state index in [0.717, 1.165) is 18.0 Å². The number of nitriles is 1. The van der Waals surface area contributed by atoms with Crippen LogP contribution in [0.5, 0.6) is 0 Å². The van der Waals surface area contributed by atoms with Crippen molar-refractivity contribution >= 4 is 23.1 Å². The van der Waals surface area contributed by atoms with Crippen LogP contribution in [0.25, 0.3) is 0 Å². The van der Waals surface area contributed by atoms with Gasteiger partial charge in [0, 0.05) is 5.69 Å². The fourth-order valence-corrected chi connectivity index (χ4v) is 3.09. The van der Waals surface area contributed by atoms with Crippen LogP contribution >= 0.6 is 11.6 Å². The molecule has 0 radical (unpaired) electrons. The maximum absolute atomic E-state index is 12.7. The molecule has 0 amide bonds. The van der Waals surface area contributed by atoms with Crippen LogP contribution in [0.3, 0.4) is 0 Å². The summed E-state index contributed by atoms with van der Waals surface area (Å²) in [7, 11) is 0. The molecule has 0 bridgehead atoms. The van der Waals surface area contributed by atoms with E-state index in [9.17, 15) is 13.2 Å². The molecule has 1 aromatic carbocycles. The Labute approximate surface area is 148 Å². The van der Waals surface area contributed by atoms with E-state index in [-0.39, 0.29) is 5.02 Å². The van der Waals surface area contributed by atoms with Crippen molar-refractivity contribution in [2.24, 2.45) is 0 Å². The first-order valence-corrected chi connectivity index (χ1v) is 8.05. The van der Waals surface area contributed by atoms with Gasteiger partial charge in [-0.1, -0.05) is 11.6 Å². The van der Waals surface area contributed by atoms with Crippen molar-refractivity contribution in [1.82, 2.24) is 0 Å². The van der Waals surface area contributed by atoms with Gasteiger partial charge in [-0.25, -0.2) is 4.98 Å². The largest absolute Gasteiger partial charge is 0.419 e. The molecular weight excluding hydrogens is 353 g/mol. The summed E-state index contributed by atoms with van der Waals surface area (Å²) in [6.07, 6.45) is -3.48. The van der Waals surface area contributed by atoms with E-state index in [1.807, 2.05) is 17.0 Å². The number of nitrogens with one attached hydrogen (secondary N) is 1. The van der Waals surface area contributed by atoms with E-state index in [4.69, 9.17) is 16.9 Å². The summed E-state index contributed by atoms with van der Waals surface area (Å²) < 4.78 is 38.1. The molecule has 1 fully saturated rings. The van der Waals surface area contributed by atoms with Crippen LogP contribution in [0.15, 0.2) is 36.5 Å². The molecule has 1 aliphatic rings. The number of anilines is 2. The molecule has 3 rings (SSSR count). The van der Waals surface area contributed by atoms with Gasteiger partial charge in [-0.15, -0.1) is 0 Å². The minimum absolute atomic E-state index is 0.0571. The number of nitrogens with zero attached hydrogens (tertiary/aromatic N) is 3. The van der Waals surface area contributed by atoms with Crippen molar-refractivity contribution < 1.29 is 18.2 Å². The van der Waals surface area contributed by atoms with E-state index in [2.05, 4.69) is 16.0 Å². The summed E-state index contributed by atoms with van der Waals surface area (Å²) in [5.74, 6) is 0.495. The number of rotatable bonds is 2. The minimum Gasteiger partial charge on any atom is -0.364 e. The van der Waals surface area contributed by atoms with Gasteiger partial charge in [0.1, 0.15) is 24.3 Å². The third kappa shape index (κ3) is 3.80. The zero-order chi connectivity index (χ0) is 18.0. The topological polar surface area (TPSA) is 44.4 Å². The highest BCUT2D eigenvalue weighted by molar-refractivity contribution is 6.32. The highest BCUT2D eigenvalue weighted by Crippen LogP contribution is 2.32. The quantitative estimate of drug-likeness (QED) is 0.817. The van der Waals surface area contributed by atoms with Gasteiger partial charge >= 0.3 is 6.18 Å². The Kier molecular flexibility index (Phi) is 4.73. The number of benzene rings is 1. The first-order valence-electron chi connectivity index (χ1n) is 7.67. The fraction of sp³-hybridized carbons (Fsp3) is 0.294. The molecule has 0 saturated carbocycles. The Morgan fingerprint density at radius 2 is 1.64 bits per heavy atom. The average Bonchev–Trinajstić information content (AvgIpc) is 2.61. The third-order valence-electron chi connectivity index (χ3n) is 4.16. The molecule has 1 aromatic heterocycles. The molecule has 2 aromatic rings. The fourth-order valence-electron chi connectivity index (χ4n) is 2.80. The molecule has 0 unspecified atom stereocenters. The molecule has 4 nitrogen and oxygen atoms in total. The van der Waals surface area contributed by atoms with E-state index in [0.29, 0.717) is 37.6 Å². The molecule has 1 aliphatic heterocycles. The van der Waals surface area contributed by atoms with Gasteiger partial charge < -0.3 is 4.90 Å². The maximum Gasteiger partial charge on any atom is 0.419 e. The van der Waals surface area contributed by atoms with Crippen LogP contribution in [-0.4, -0.2) is 26.2 Å². The number of piperazine rings is 1. The van der Waals surface area contributed by atoms with E-state index < -0.39 is 11.7 Å². The van der Waals surface area contributed by atoms with E-state index in [1.165, 1.54) is 0 Å². The zero-order valence-electron chi connectivity index (χ0n) is 13.1. The predicted molar refractivity (Wildman–Crippen MR) is 88.6 cm³/mol. The number of hydrogen-bond acceptors (Lipinski definition) is 3. The Morgan fingerprint density at radius 3 is 2.16 bits per heavy atom. The third-order valence-corrected chi connectivity index (χ3v) is 4.45. The number of hydrogen-bond donors (Lipinski definition) is 0. The standard InChI is InChI=1S/C17H14ClF3N4/c18-15-9-13(17(19,20)21)11-23-16(15)25-7-5-24(6-8-25)14-3-1-12(10-22)2-4-14/h1-4,9,11H,5-8H2/p+1. The van der Waals surface area contributed by atoms with E-state index >= 15 is 0 Å². The first-order chi connectivity index (χ1) is 11.9. The lowest BCUT2D eigenvalue weighted by Crippen LogP contribution is -2.48. The highest BCUT2D eigenvalue weighted by atomic mass is 35.5. The monoisotopic (exact) mass is 367 g/mol. The molecular formula is C17H15ClF3N4+. The molecule has 8 heteroatoms. The first kappa shape index (κ1) is 17.4. The second-order valence-electron chi connectivity index (χ2n) is 5.72. The van der Waals surface area contributed by atoms with Gasteiger partial charge in [-0.2, -0.15) is 18.4 Å². The second-order valence-corrected chi connectivity index (χ2v) is 6.12. The summed E-state index contributed by atoms with van der Waals surface area (Å²) in [4.78, 5) is 6.77. The summed E-state index contributed by atoms with van der Waals surface area (Å²) in [5, 5.41) is 8.90. The lowest BCUT2D eigenvalue weighted by Gasteiger charge is -2.32. The normalized spacial score (nSPS) is 15.2. The van der Waals surface area contributed by atoms with Crippen molar-refractivity contribution in [2.75, 3.05) is 36.0 Å². The van der Waals surface area contributed by atoms with Crippen LogP contribution in [0.4, 0.5) is 24.7 Å². The zero-order valence-corrected chi connectivity index (χ0v) is 13.9. The molecule has 0 aliphatic carbocycles. The Morgan fingerprint density at radius 1 is 1.04 bits per heavy atom. The highest BCUT2D eigenvalue weighted by Gasteiger charge is 2.34. The summed E-state index contributed by atoms with van der Waals surface area (Å²) in [5.41, 5.74) is 0.826. The molecule has 1 N–H and O–H groups in total. The van der Waals surface area contributed by atoms with Gasteiger partial charge in [-0.3, -0.25) is 4.90 Å². The SMILES string of the molecule is N#Cc1ccc(N2CCN(c3[nH+]cc(C(F)(F)F)cc3Cl)CC2)cc1.